The van der Waals surface area contributed by atoms with Crippen LogP contribution >= 0.6 is 27.5 Å². The number of imidazole rings is 1. The summed E-state index contributed by atoms with van der Waals surface area (Å²) in [6, 6.07) is 3.81. The number of aromatic amines is 1. The van der Waals surface area contributed by atoms with E-state index in [9.17, 15) is 13.2 Å². The Morgan fingerprint density at radius 1 is 1.28 bits per heavy atom. The van der Waals surface area contributed by atoms with Crippen molar-refractivity contribution < 1.29 is 13.2 Å². The second kappa shape index (κ2) is 7.24. The number of benzene rings is 1. The van der Waals surface area contributed by atoms with Gasteiger partial charge in [0, 0.05) is 30.1 Å². The number of anilines is 3. The number of pyridine rings is 1. The standard InChI is InChI=1S/C18H17BrClF3N6/c1-9-8-28(16-13(20)6-11(24)7-25-16)2-3-29(9)17-26-14-5-10(18(21,22)23)4-12(19)15(14)27-17/h4-7,9H,2-3,8,24H2,1H3,(H,26,27)/t9-/m1/s1. The Hall–Kier alpha value is -2.20. The van der Waals surface area contributed by atoms with Crippen LogP contribution in [-0.2, 0) is 6.18 Å². The molecule has 1 saturated heterocycles. The molecule has 3 aromatic rings. The van der Waals surface area contributed by atoms with Crippen molar-refractivity contribution in [2.45, 2.75) is 19.1 Å². The van der Waals surface area contributed by atoms with Crippen LogP contribution in [0.4, 0.5) is 30.6 Å². The number of H-pyrrole nitrogens is 1. The maximum absolute atomic E-state index is 13.1. The highest BCUT2D eigenvalue weighted by atomic mass is 79.9. The predicted octanol–water partition coefficient (Wildman–Crippen LogP) is 4.69. The van der Waals surface area contributed by atoms with Crippen LogP contribution in [0.3, 0.4) is 0 Å². The number of halogens is 5. The topological polar surface area (TPSA) is 74.1 Å². The van der Waals surface area contributed by atoms with Crippen molar-refractivity contribution in [1.29, 1.82) is 0 Å². The van der Waals surface area contributed by atoms with E-state index in [-0.39, 0.29) is 6.04 Å². The number of fused-ring (bicyclic) bond motifs is 1. The second-order valence-corrected chi connectivity index (χ2v) is 8.24. The molecule has 2 aromatic heterocycles. The van der Waals surface area contributed by atoms with E-state index in [1.165, 1.54) is 0 Å². The number of aromatic nitrogens is 3. The molecule has 0 amide bonds. The Bertz CT molecular complexity index is 1070. The van der Waals surface area contributed by atoms with E-state index >= 15 is 0 Å². The Balaban J connectivity index is 1.60. The zero-order valence-electron chi connectivity index (χ0n) is 15.3. The summed E-state index contributed by atoms with van der Waals surface area (Å²) in [5.74, 6) is 1.19. The quantitative estimate of drug-likeness (QED) is 0.546. The number of nitrogens with two attached hydrogens (primary N) is 1. The number of piperazine rings is 1. The van der Waals surface area contributed by atoms with Crippen molar-refractivity contribution in [3.8, 4) is 0 Å². The molecule has 0 saturated carbocycles. The largest absolute Gasteiger partial charge is 0.416 e. The van der Waals surface area contributed by atoms with E-state index in [0.717, 1.165) is 12.1 Å². The SMILES string of the molecule is C[C@@H]1CN(c2ncc(N)cc2Cl)CCN1c1nc2c(Br)cc(C(F)(F)F)cc2[nH]1. The molecule has 0 unspecified atom stereocenters. The Morgan fingerprint density at radius 2 is 2.03 bits per heavy atom. The van der Waals surface area contributed by atoms with Crippen molar-refractivity contribution in [2.75, 3.05) is 35.2 Å². The maximum Gasteiger partial charge on any atom is 0.416 e. The molecule has 1 atom stereocenters. The highest BCUT2D eigenvalue weighted by molar-refractivity contribution is 9.10. The third kappa shape index (κ3) is 3.83. The highest BCUT2D eigenvalue weighted by Gasteiger charge is 2.32. The van der Waals surface area contributed by atoms with Crippen LogP contribution in [0.5, 0.6) is 0 Å². The van der Waals surface area contributed by atoms with Gasteiger partial charge in [-0.05, 0) is 41.1 Å². The van der Waals surface area contributed by atoms with Crippen LogP contribution in [0.2, 0.25) is 5.02 Å². The second-order valence-electron chi connectivity index (χ2n) is 6.97. The van der Waals surface area contributed by atoms with Crippen LogP contribution < -0.4 is 15.5 Å². The first kappa shape index (κ1) is 20.1. The van der Waals surface area contributed by atoms with E-state index in [2.05, 4.69) is 35.8 Å². The summed E-state index contributed by atoms with van der Waals surface area (Å²) in [5.41, 5.74) is 6.27. The van der Waals surface area contributed by atoms with Crippen LogP contribution in [-0.4, -0.2) is 40.6 Å². The number of hydrogen-bond acceptors (Lipinski definition) is 5. The molecule has 6 nitrogen and oxygen atoms in total. The first-order valence-electron chi connectivity index (χ1n) is 8.82. The van der Waals surface area contributed by atoms with Gasteiger partial charge in [0.1, 0.15) is 11.3 Å². The summed E-state index contributed by atoms with van der Waals surface area (Å²) < 4.78 is 39.6. The number of nitrogens with one attached hydrogen (secondary N) is 1. The average molecular weight is 490 g/mol. The Labute approximate surface area is 178 Å². The Morgan fingerprint density at radius 3 is 2.69 bits per heavy atom. The summed E-state index contributed by atoms with van der Waals surface area (Å²) in [4.78, 5) is 16.0. The van der Waals surface area contributed by atoms with Gasteiger partial charge in [-0.25, -0.2) is 9.97 Å². The zero-order valence-corrected chi connectivity index (χ0v) is 17.6. The van der Waals surface area contributed by atoms with Gasteiger partial charge in [0.25, 0.3) is 0 Å². The molecule has 4 rings (SSSR count). The fourth-order valence-electron chi connectivity index (χ4n) is 3.50. The third-order valence-corrected chi connectivity index (χ3v) is 5.78. The zero-order chi connectivity index (χ0) is 20.9. The molecular formula is C18H17BrClF3N6. The molecule has 3 N–H and O–H groups in total. The molecule has 0 spiro atoms. The summed E-state index contributed by atoms with van der Waals surface area (Å²) in [7, 11) is 0. The summed E-state index contributed by atoms with van der Waals surface area (Å²) >= 11 is 9.48. The molecule has 154 valence electrons. The fourth-order valence-corrected chi connectivity index (χ4v) is 4.35. The van der Waals surface area contributed by atoms with Gasteiger partial charge < -0.3 is 20.5 Å². The molecule has 3 heterocycles. The molecule has 1 aromatic carbocycles. The van der Waals surface area contributed by atoms with Gasteiger partial charge in [0.2, 0.25) is 5.95 Å². The van der Waals surface area contributed by atoms with Gasteiger partial charge in [0.15, 0.2) is 0 Å². The molecule has 1 aliphatic heterocycles. The first-order chi connectivity index (χ1) is 13.6. The van der Waals surface area contributed by atoms with Gasteiger partial charge in [0.05, 0.1) is 28.0 Å². The van der Waals surface area contributed by atoms with E-state index in [1.807, 2.05) is 11.8 Å². The van der Waals surface area contributed by atoms with Gasteiger partial charge in [-0.3, -0.25) is 0 Å². The molecular weight excluding hydrogens is 473 g/mol. The third-order valence-electron chi connectivity index (χ3n) is 4.90. The lowest BCUT2D eigenvalue weighted by atomic mass is 10.2. The van der Waals surface area contributed by atoms with Gasteiger partial charge in [-0.15, -0.1) is 0 Å². The number of rotatable bonds is 2. The van der Waals surface area contributed by atoms with Crippen molar-refractivity contribution in [3.05, 3.63) is 39.5 Å². The summed E-state index contributed by atoms with van der Waals surface area (Å²) in [5, 5.41) is 0.484. The first-order valence-corrected chi connectivity index (χ1v) is 9.99. The lowest BCUT2D eigenvalue weighted by Gasteiger charge is -2.40. The minimum Gasteiger partial charge on any atom is -0.397 e. The molecule has 1 fully saturated rings. The van der Waals surface area contributed by atoms with Crippen LogP contribution in [0, 0.1) is 0 Å². The van der Waals surface area contributed by atoms with Crippen molar-refractivity contribution >= 4 is 56.0 Å². The van der Waals surface area contributed by atoms with Crippen molar-refractivity contribution in [3.63, 3.8) is 0 Å². The maximum atomic E-state index is 13.1. The van der Waals surface area contributed by atoms with Crippen molar-refractivity contribution in [1.82, 2.24) is 15.0 Å². The van der Waals surface area contributed by atoms with Crippen molar-refractivity contribution in [2.24, 2.45) is 0 Å². The Kier molecular flexibility index (Phi) is 5.02. The van der Waals surface area contributed by atoms with E-state index < -0.39 is 11.7 Å². The summed E-state index contributed by atoms with van der Waals surface area (Å²) in [6.45, 7) is 3.88. The minimum absolute atomic E-state index is 0.0283. The van der Waals surface area contributed by atoms with Crippen LogP contribution in [0.1, 0.15) is 12.5 Å². The predicted molar refractivity (Wildman–Crippen MR) is 111 cm³/mol. The molecule has 0 aliphatic carbocycles. The number of nitrogen functional groups attached to an aromatic ring is 1. The normalized spacial score (nSPS) is 17.9. The average Bonchev–Trinajstić information content (AvgIpc) is 3.05. The van der Waals surface area contributed by atoms with Gasteiger partial charge in [-0.1, -0.05) is 11.6 Å². The van der Waals surface area contributed by atoms with E-state index in [1.54, 1.807) is 12.3 Å². The molecule has 1 aliphatic rings. The number of alkyl halides is 3. The summed E-state index contributed by atoms with van der Waals surface area (Å²) in [6.07, 6.45) is -2.86. The smallest absolute Gasteiger partial charge is 0.397 e. The van der Waals surface area contributed by atoms with E-state index in [0.29, 0.717) is 57.6 Å². The molecule has 0 radical (unpaired) electrons. The van der Waals surface area contributed by atoms with E-state index in [4.69, 9.17) is 17.3 Å². The minimum atomic E-state index is -4.42. The molecule has 11 heteroatoms. The number of nitrogens with zero attached hydrogens (tertiary/aromatic N) is 4. The van der Waals surface area contributed by atoms with Gasteiger partial charge >= 0.3 is 6.18 Å². The lowest BCUT2D eigenvalue weighted by molar-refractivity contribution is -0.137. The molecule has 29 heavy (non-hydrogen) atoms. The van der Waals surface area contributed by atoms with Crippen LogP contribution in [0.15, 0.2) is 28.9 Å². The monoisotopic (exact) mass is 488 g/mol. The van der Waals surface area contributed by atoms with Crippen LogP contribution in [0.25, 0.3) is 11.0 Å². The molecule has 0 bridgehead atoms. The fraction of sp³-hybridized carbons (Fsp3) is 0.333. The lowest BCUT2D eigenvalue weighted by Crippen LogP contribution is -2.52. The number of hydrogen-bond donors (Lipinski definition) is 2. The van der Waals surface area contributed by atoms with Gasteiger partial charge in [-0.2, -0.15) is 13.2 Å². The highest BCUT2D eigenvalue weighted by Crippen LogP contribution is 2.36.